The van der Waals surface area contributed by atoms with Crippen molar-refractivity contribution < 1.29 is 73.9 Å². The van der Waals surface area contributed by atoms with Crippen molar-refractivity contribution in [1.82, 2.24) is 0 Å². The zero-order valence-electron chi connectivity index (χ0n) is 12.4. The summed E-state index contributed by atoms with van der Waals surface area (Å²) < 4.78 is 207. The van der Waals surface area contributed by atoms with Crippen LogP contribution in [0, 0.1) is 23.3 Å². The van der Waals surface area contributed by atoms with Crippen molar-refractivity contribution in [1.29, 1.82) is 0 Å². The lowest BCUT2D eigenvalue weighted by Crippen LogP contribution is -2.40. The number of alkyl halides is 9. The van der Waals surface area contributed by atoms with E-state index in [-0.39, 0.29) is 0 Å². The van der Waals surface area contributed by atoms with E-state index in [1.165, 1.54) is 0 Å². The normalized spacial score (nSPS) is 14.6. The van der Waals surface area contributed by atoms with Crippen LogP contribution in [0.2, 0.25) is 0 Å². The molecule has 0 aromatic heterocycles. The molecule has 0 amide bonds. The van der Waals surface area contributed by atoms with Crippen LogP contribution in [0.3, 0.4) is 0 Å². The van der Waals surface area contributed by atoms with Crippen molar-refractivity contribution in [3.8, 4) is 0 Å². The van der Waals surface area contributed by atoms with E-state index < -0.39 is 75.8 Å². The Bertz CT molecular complexity index is 958. The molecule has 0 fully saturated rings. The highest BCUT2D eigenvalue weighted by Crippen LogP contribution is 2.48. The number of halogens is 13. The summed E-state index contributed by atoms with van der Waals surface area (Å²) in [7, 11) is -15.7. The molecule has 0 aliphatic rings. The average Bonchev–Trinajstić information content (AvgIpc) is 2.45. The number of hydrogen-bond donors (Lipinski definition) is 0. The molecule has 0 unspecified atom stereocenters. The molecule has 0 bridgehead atoms. The molecule has 0 radical (unpaired) electrons. The number of sulfone groups is 2. The van der Waals surface area contributed by atoms with E-state index in [1.807, 2.05) is 0 Å². The van der Waals surface area contributed by atoms with Crippen molar-refractivity contribution in [3.05, 3.63) is 34.4 Å². The molecule has 4 nitrogen and oxygen atoms in total. The van der Waals surface area contributed by atoms with Gasteiger partial charge in [0.05, 0.1) is 5.56 Å². The molecule has 0 saturated heterocycles. The monoisotopic (exact) mass is 496 g/mol. The highest BCUT2D eigenvalue weighted by molar-refractivity contribution is 8.09. The van der Waals surface area contributed by atoms with E-state index in [0.717, 1.165) is 0 Å². The van der Waals surface area contributed by atoms with Gasteiger partial charge in [-0.3, -0.25) is 0 Å². The van der Waals surface area contributed by atoms with Crippen LogP contribution in [0.5, 0.6) is 0 Å². The molecule has 0 heterocycles. The van der Waals surface area contributed by atoms with Gasteiger partial charge < -0.3 is 0 Å². The molecule has 0 spiro atoms. The number of benzene rings is 1. The first-order chi connectivity index (χ1) is 12.5. The van der Waals surface area contributed by atoms with Gasteiger partial charge in [-0.2, -0.15) is 39.5 Å². The molecule has 19 heteroatoms. The fraction of sp³-hybridized carbons (Fsp3) is 0.400. The van der Waals surface area contributed by atoms with Gasteiger partial charge in [-0.1, -0.05) is 0 Å². The third-order valence-corrected chi connectivity index (χ3v) is 7.43. The quantitative estimate of drug-likeness (QED) is 0.467. The van der Waals surface area contributed by atoms with Gasteiger partial charge in [0.1, 0.15) is 5.56 Å². The van der Waals surface area contributed by atoms with Gasteiger partial charge in [0, 0.05) is 0 Å². The lowest BCUT2D eigenvalue weighted by molar-refractivity contribution is -0.143. The maximum absolute atomic E-state index is 13.8. The van der Waals surface area contributed by atoms with Crippen molar-refractivity contribution in [2.45, 2.75) is 21.8 Å². The van der Waals surface area contributed by atoms with Gasteiger partial charge in [-0.25, -0.2) is 34.4 Å². The summed E-state index contributed by atoms with van der Waals surface area (Å²) in [5.41, 5.74) is -21.1. The summed E-state index contributed by atoms with van der Waals surface area (Å²) in [6, 6.07) is 0. The highest BCUT2D eigenvalue weighted by atomic mass is 32.3. The minimum Gasteiger partial charge on any atom is -0.218 e. The standard InChI is InChI=1S/C10HF13O4S2/c11-3-1(4(12)6(14)2(5(3)13)8(15,16)17)7(28(24,25)9(18,19)20)29(26,27)10(21,22)23/h7H. The first-order valence-electron chi connectivity index (χ1n) is 6.04. The second-order valence-corrected chi connectivity index (χ2v) is 9.20. The first kappa shape index (κ1) is 25.2. The third-order valence-electron chi connectivity index (χ3n) is 3.03. The van der Waals surface area contributed by atoms with Crippen molar-refractivity contribution in [2.75, 3.05) is 0 Å². The molecule has 0 atom stereocenters. The van der Waals surface area contributed by atoms with Crippen LogP contribution in [0.15, 0.2) is 0 Å². The average molecular weight is 496 g/mol. The molecule has 1 aromatic rings. The Labute approximate surface area is 150 Å². The van der Waals surface area contributed by atoms with E-state index in [1.54, 1.807) is 0 Å². The molecular formula is C10HF13O4S2. The van der Waals surface area contributed by atoms with Crippen molar-refractivity contribution >= 4 is 19.7 Å². The maximum Gasteiger partial charge on any atom is 0.499 e. The summed E-state index contributed by atoms with van der Waals surface area (Å²) in [6.07, 6.45) is -6.31. The van der Waals surface area contributed by atoms with Gasteiger partial charge in [0.2, 0.25) is 4.58 Å². The Morgan fingerprint density at radius 1 is 0.552 bits per heavy atom. The summed E-state index contributed by atoms with van der Waals surface area (Å²) >= 11 is 0. The van der Waals surface area contributed by atoms with Crippen LogP contribution in [-0.4, -0.2) is 27.9 Å². The smallest absolute Gasteiger partial charge is 0.218 e. The topological polar surface area (TPSA) is 68.3 Å². The minimum absolute atomic E-state index is 3.50. The zero-order valence-corrected chi connectivity index (χ0v) is 14.1. The highest BCUT2D eigenvalue weighted by Gasteiger charge is 2.65. The van der Waals surface area contributed by atoms with E-state index >= 15 is 0 Å². The van der Waals surface area contributed by atoms with Crippen LogP contribution < -0.4 is 0 Å². The molecule has 29 heavy (non-hydrogen) atoms. The SMILES string of the molecule is O=S(=O)(C(c1c(F)c(F)c(C(F)(F)F)c(F)c1F)S(=O)(=O)C(F)(F)F)C(F)(F)F. The molecule has 1 aromatic carbocycles. The minimum atomic E-state index is -7.86. The van der Waals surface area contributed by atoms with Crippen LogP contribution in [-0.2, 0) is 25.9 Å². The predicted octanol–water partition coefficient (Wildman–Crippen LogP) is 4.13. The second kappa shape index (κ2) is 6.88. The van der Waals surface area contributed by atoms with Gasteiger partial charge in [-0.05, 0) is 0 Å². The molecule has 0 aliphatic carbocycles. The van der Waals surface area contributed by atoms with Crippen molar-refractivity contribution in [3.63, 3.8) is 0 Å². The zero-order chi connectivity index (χ0) is 23.5. The van der Waals surface area contributed by atoms with Gasteiger partial charge in [0.15, 0.2) is 23.3 Å². The van der Waals surface area contributed by atoms with Gasteiger partial charge in [-0.15, -0.1) is 0 Å². The van der Waals surface area contributed by atoms with Crippen LogP contribution in [0.4, 0.5) is 57.1 Å². The summed E-state index contributed by atoms with van der Waals surface area (Å²) in [5.74, 6) is -14.8. The Hall–Kier alpha value is -1.79. The fourth-order valence-electron chi connectivity index (χ4n) is 1.82. The maximum atomic E-state index is 13.8. The Balaban J connectivity index is 4.28. The summed E-state index contributed by atoms with van der Waals surface area (Å²) in [6.45, 7) is 0. The van der Waals surface area contributed by atoms with E-state index in [9.17, 15) is 73.9 Å². The second-order valence-electron chi connectivity index (χ2n) is 4.86. The molecule has 0 N–H and O–H groups in total. The predicted molar refractivity (Wildman–Crippen MR) is 64.0 cm³/mol. The van der Waals surface area contributed by atoms with E-state index in [0.29, 0.717) is 0 Å². The number of rotatable bonds is 3. The molecule has 0 aliphatic heterocycles. The lowest BCUT2D eigenvalue weighted by Gasteiger charge is -2.23. The van der Waals surface area contributed by atoms with Crippen LogP contribution in [0.1, 0.15) is 15.7 Å². The van der Waals surface area contributed by atoms with Crippen LogP contribution >= 0.6 is 0 Å². The largest absolute Gasteiger partial charge is 0.499 e. The molecule has 1 rings (SSSR count). The van der Waals surface area contributed by atoms with E-state index in [2.05, 4.69) is 0 Å². The molecule has 168 valence electrons. The van der Waals surface area contributed by atoms with Gasteiger partial charge in [0.25, 0.3) is 19.7 Å². The summed E-state index contributed by atoms with van der Waals surface area (Å²) in [5, 5.41) is 0. The Morgan fingerprint density at radius 2 is 0.828 bits per heavy atom. The summed E-state index contributed by atoms with van der Waals surface area (Å²) in [4.78, 5) is 0. The first-order valence-corrected chi connectivity index (χ1v) is 9.13. The van der Waals surface area contributed by atoms with Crippen molar-refractivity contribution in [2.24, 2.45) is 0 Å². The fourth-order valence-corrected chi connectivity index (χ4v) is 5.33. The Morgan fingerprint density at radius 3 is 1.03 bits per heavy atom. The third kappa shape index (κ3) is 3.97. The molecular weight excluding hydrogens is 495 g/mol. The number of hydrogen-bond acceptors (Lipinski definition) is 4. The lowest BCUT2D eigenvalue weighted by atomic mass is 10.1. The molecule has 0 saturated carbocycles. The Kier molecular flexibility index (Phi) is 5.99. The van der Waals surface area contributed by atoms with Crippen LogP contribution in [0.25, 0.3) is 0 Å². The van der Waals surface area contributed by atoms with Gasteiger partial charge >= 0.3 is 17.2 Å². The van der Waals surface area contributed by atoms with E-state index in [4.69, 9.17) is 0 Å².